The molecule has 2 heterocycles. The minimum absolute atomic E-state index is 0.226. The molecule has 1 atom stereocenters. The molecule has 0 saturated carbocycles. The van der Waals surface area contributed by atoms with Crippen molar-refractivity contribution in [1.29, 1.82) is 0 Å². The van der Waals surface area contributed by atoms with Crippen LogP contribution in [0.4, 0.5) is 4.39 Å². The highest BCUT2D eigenvalue weighted by atomic mass is 32.1. The van der Waals surface area contributed by atoms with E-state index in [4.69, 9.17) is 4.74 Å². The second kappa shape index (κ2) is 4.96. The standard InChI is InChI=1S/C14H15FO2S/c15-11-2-1-10-7-13(18-12(10)8-11)14(16)9-3-5-17-6-4-9/h1-2,7-9,14,16H,3-6H2. The molecule has 1 fully saturated rings. The van der Waals surface area contributed by atoms with Crippen LogP contribution in [0.15, 0.2) is 24.3 Å². The van der Waals surface area contributed by atoms with E-state index in [1.54, 1.807) is 6.07 Å². The predicted octanol–water partition coefficient (Wildman–Crippen LogP) is 3.50. The molecule has 2 nitrogen and oxygen atoms in total. The molecule has 18 heavy (non-hydrogen) atoms. The highest BCUT2D eigenvalue weighted by Crippen LogP contribution is 2.36. The van der Waals surface area contributed by atoms with Crippen LogP contribution in [-0.4, -0.2) is 18.3 Å². The van der Waals surface area contributed by atoms with E-state index in [9.17, 15) is 9.50 Å². The van der Waals surface area contributed by atoms with Gasteiger partial charge in [-0.25, -0.2) is 4.39 Å². The fourth-order valence-electron chi connectivity index (χ4n) is 2.44. The third kappa shape index (κ3) is 2.28. The van der Waals surface area contributed by atoms with Crippen molar-refractivity contribution in [2.45, 2.75) is 18.9 Å². The topological polar surface area (TPSA) is 29.5 Å². The number of hydrogen-bond donors (Lipinski definition) is 1. The summed E-state index contributed by atoms with van der Waals surface area (Å²) in [5.74, 6) is 0.0353. The van der Waals surface area contributed by atoms with Gasteiger partial charge in [0, 0.05) is 22.8 Å². The van der Waals surface area contributed by atoms with Crippen molar-refractivity contribution in [3.05, 3.63) is 35.0 Å². The van der Waals surface area contributed by atoms with Crippen LogP contribution in [-0.2, 0) is 4.74 Å². The van der Waals surface area contributed by atoms with Gasteiger partial charge >= 0.3 is 0 Å². The average molecular weight is 266 g/mol. The molecule has 0 bridgehead atoms. The Bertz CT molecular complexity index is 546. The van der Waals surface area contributed by atoms with Crippen molar-refractivity contribution < 1.29 is 14.2 Å². The number of rotatable bonds is 2. The van der Waals surface area contributed by atoms with Gasteiger partial charge in [0.2, 0.25) is 0 Å². The number of halogens is 1. The lowest BCUT2D eigenvalue weighted by molar-refractivity contribution is 0.00856. The van der Waals surface area contributed by atoms with Crippen molar-refractivity contribution in [3.8, 4) is 0 Å². The fourth-order valence-corrected chi connectivity index (χ4v) is 3.60. The molecule has 1 N–H and O–H groups in total. The molecule has 96 valence electrons. The van der Waals surface area contributed by atoms with Crippen molar-refractivity contribution in [2.75, 3.05) is 13.2 Å². The number of thiophene rings is 1. The van der Waals surface area contributed by atoms with Crippen molar-refractivity contribution in [3.63, 3.8) is 0 Å². The van der Waals surface area contributed by atoms with Crippen molar-refractivity contribution in [2.24, 2.45) is 5.92 Å². The first-order chi connectivity index (χ1) is 8.74. The third-order valence-electron chi connectivity index (χ3n) is 3.51. The molecular weight excluding hydrogens is 251 g/mol. The summed E-state index contributed by atoms with van der Waals surface area (Å²) >= 11 is 1.48. The molecule has 0 spiro atoms. The fraction of sp³-hybridized carbons (Fsp3) is 0.429. The van der Waals surface area contributed by atoms with Crippen LogP contribution in [0.2, 0.25) is 0 Å². The Kier molecular flexibility index (Phi) is 3.33. The lowest BCUT2D eigenvalue weighted by Crippen LogP contribution is -2.21. The van der Waals surface area contributed by atoms with Gasteiger partial charge in [-0.1, -0.05) is 6.07 Å². The zero-order valence-electron chi connectivity index (χ0n) is 9.93. The van der Waals surface area contributed by atoms with Gasteiger partial charge < -0.3 is 9.84 Å². The summed E-state index contributed by atoms with van der Waals surface area (Å²) in [4.78, 5) is 0.933. The Morgan fingerprint density at radius 3 is 2.83 bits per heavy atom. The maximum atomic E-state index is 13.1. The van der Waals surface area contributed by atoms with Gasteiger partial charge in [-0.3, -0.25) is 0 Å². The molecule has 1 aromatic carbocycles. The average Bonchev–Trinajstić information content (AvgIpc) is 2.81. The van der Waals surface area contributed by atoms with Crippen LogP contribution in [0.3, 0.4) is 0 Å². The molecular formula is C14H15FO2S. The van der Waals surface area contributed by atoms with Crippen LogP contribution >= 0.6 is 11.3 Å². The molecule has 0 amide bonds. The van der Waals surface area contributed by atoms with E-state index < -0.39 is 6.10 Å². The van der Waals surface area contributed by atoms with Gasteiger partial charge in [-0.2, -0.15) is 0 Å². The van der Waals surface area contributed by atoms with Gasteiger partial charge in [0.15, 0.2) is 0 Å². The minimum Gasteiger partial charge on any atom is -0.387 e. The SMILES string of the molecule is OC(c1cc2ccc(F)cc2s1)C1CCOCC1. The zero-order valence-corrected chi connectivity index (χ0v) is 10.8. The number of fused-ring (bicyclic) bond motifs is 1. The summed E-state index contributed by atoms with van der Waals surface area (Å²) in [6, 6.07) is 6.72. The first-order valence-electron chi connectivity index (χ1n) is 6.19. The lowest BCUT2D eigenvalue weighted by atomic mass is 9.93. The van der Waals surface area contributed by atoms with Crippen molar-refractivity contribution in [1.82, 2.24) is 0 Å². The maximum Gasteiger partial charge on any atom is 0.124 e. The third-order valence-corrected chi connectivity index (χ3v) is 4.67. The second-order valence-electron chi connectivity index (χ2n) is 4.73. The van der Waals surface area contributed by atoms with E-state index in [2.05, 4.69) is 0 Å². The number of benzene rings is 1. The Hall–Kier alpha value is -0.970. The van der Waals surface area contributed by atoms with E-state index in [0.29, 0.717) is 0 Å². The van der Waals surface area contributed by atoms with E-state index in [1.807, 2.05) is 6.07 Å². The summed E-state index contributed by atoms with van der Waals surface area (Å²) in [5, 5.41) is 11.4. The molecule has 1 aliphatic rings. The Balaban J connectivity index is 1.88. The first-order valence-corrected chi connectivity index (χ1v) is 7.00. The van der Waals surface area contributed by atoms with Crippen LogP contribution in [0.1, 0.15) is 23.8 Å². The predicted molar refractivity (Wildman–Crippen MR) is 70.3 cm³/mol. The second-order valence-corrected chi connectivity index (χ2v) is 5.84. The Labute approximate surface area is 109 Å². The zero-order chi connectivity index (χ0) is 12.5. The van der Waals surface area contributed by atoms with E-state index in [-0.39, 0.29) is 11.7 Å². The highest BCUT2D eigenvalue weighted by Gasteiger charge is 2.24. The van der Waals surface area contributed by atoms with E-state index in [1.165, 1.54) is 23.5 Å². The quantitative estimate of drug-likeness (QED) is 0.901. The molecule has 1 unspecified atom stereocenters. The van der Waals surface area contributed by atoms with Crippen molar-refractivity contribution >= 4 is 21.4 Å². The summed E-state index contributed by atoms with van der Waals surface area (Å²) in [7, 11) is 0. The normalized spacial score (nSPS) is 19.2. The van der Waals surface area contributed by atoms with E-state index >= 15 is 0 Å². The molecule has 1 aromatic heterocycles. The minimum atomic E-state index is -0.450. The maximum absolute atomic E-state index is 13.1. The molecule has 0 aliphatic carbocycles. The van der Waals surface area contributed by atoms with Gasteiger partial charge in [0.05, 0.1) is 6.10 Å². The smallest absolute Gasteiger partial charge is 0.124 e. The summed E-state index contributed by atoms with van der Waals surface area (Å²) in [6.07, 6.45) is 1.34. The summed E-state index contributed by atoms with van der Waals surface area (Å²) < 4.78 is 19.3. The summed E-state index contributed by atoms with van der Waals surface area (Å²) in [6.45, 7) is 1.45. The van der Waals surface area contributed by atoms with Crippen LogP contribution < -0.4 is 0 Å². The number of hydrogen-bond acceptors (Lipinski definition) is 3. The monoisotopic (exact) mass is 266 g/mol. The molecule has 1 saturated heterocycles. The van der Waals surface area contributed by atoms with Gasteiger partial charge in [-0.15, -0.1) is 11.3 Å². The highest BCUT2D eigenvalue weighted by molar-refractivity contribution is 7.19. The Morgan fingerprint density at radius 1 is 1.28 bits per heavy atom. The van der Waals surface area contributed by atoms with Gasteiger partial charge in [0.1, 0.15) is 5.82 Å². The molecule has 0 radical (unpaired) electrons. The number of aliphatic hydroxyl groups excluding tert-OH is 1. The first kappa shape index (κ1) is 12.1. The lowest BCUT2D eigenvalue weighted by Gasteiger charge is -2.25. The van der Waals surface area contributed by atoms with E-state index in [0.717, 1.165) is 41.0 Å². The molecule has 3 rings (SSSR count). The molecule has 1 aliphatic heterocycles. The number of aliphatic hydroxyl groups is 1. The van der Waals surface area contributed by atoms with Gasteiger partial charge in [0.25, 0.3) is 0 Å². The Morgan fingerprint density at radius 2 is 2.06 bits per heavy atom. The molecule has 4 heteroatoms. The largest absolute Gasteiger partial charge is 0.387 e. The van der Waals surface area contributed by atoms with Crippen LogP contribution in [0.25, 0.3) is 10.1 Å². The number of ether oxygens (including phenoxy) is 1. The van der Waals surface area contributed by atoms with Crippen LogP contribution in [0.5, 0.6) is 0 Å². The summed E-state index contributed by atoms with van der Waals surface area (Å²) in [5.41, 5.74) is 0. The van der Waals surface area contributed by atoms with Gasteiger partial charge in [-0.05, 0) is 42.3 Å². The molecule has 2 aromatic rings. The van der Waals surface area contributed by atoms with Crippen LogP contribution in [0, 0.1) is 11.7 Å².